The molecule has 6 nitrogen and oxygen atoms in total. The van der Waals surface area contributed by atoms with Crippen LogP contribution in [0.4, 0.5) is 4.79 Å². The molecule has 0 aliphatic heterocycles. The van der Waals surface area contributed by atoms with Gasteiger partial charge in [0.15, 0.2) is 5.60 Å². The first-order valence-corrected chi connectivity index (χ1v) is 8.77. The van der Waals surface area contributed by atoms with Gasteiger partial charge in [-0.2, -0.15) is 0 Å². The van der Waals surface area contributed by atoms with Gasteiger partial charge in [-0.25, -0.2) is 4.79 Å². The van der Waals surface area contributed by atoms with Crippen molar-refractivity contribution in [3.8, 4) is 0 Å². The number of esters is 1. The minimum Gasteiger partial charge on any atom is -0.434 e. The highest BCUT2D eigenvalue weighted by Crippen LogP contribution is 2.48. The van der Waals surface area contributed by atoms with Gasteiger partial charge in [0.25, 0.3) is 0 Å². The molecular weight excluding hydrogens is 312 g/mol. The summed E-state index contributed by atoms with van der Waals surface area (Å²) in [6, 6.07) is 0. The average Bonchev–Trinajstić information content (AvgIpc) is 2.54. The van der Waals surface area contributed by atoms with Crippen molar-refractivity contribution >= 4 is 12.1 Å². The summed E-state index contributed by atoms with van der Waals surface area (Å²) in [4.78, 5) is 28.6. The standard InChI is InChI=1S/C18H28O6/c1-5-22-17(20)23-16(19)12(3)14-7-6-11(2)13-8-9-18(4,24-21)10-15(13)14/h10-14,21H,5-9H2,1-4H3/p+1/t11-,12-,13+,14+,18-/m1/s1. The summed E-state index contributed by atoms with van der Waals surface area (Å²) >= 11 is 0. The van der Waals surface area contributed by atoms with E-state index in [1.54, 1.807) is 13.8 Å². The van der Waals surface area contributed by atoms with Crippen LogP contribution in [0.2, 0.25) is 0 Å². The molecule has 0 unspecified atom stereocenters. The summed E-state index contributed by atoms with van der Waals surface area (Å²) < 4.78 is 9.48. The fourth-order valence-corrected chi connectivity index (χ4v) is 4.05. The summed E-state index contributed by atoms with van der Waals surface area (Å²) in [5, 5.41) is 7.35. The molecule has 2 N–H and O–H groups in total. The van der Waals surface area contributed by atoms with Crippen LogP contribution in [0, 0.1) is 23.7 Å². The number of fused-ring (bicyclic) bond motifs is 1. The van der Waals surface area contributed by atoms with E-state index in [0.29, 0.717) is 11.8 Å². The Labute approximate surface area is 143 Å². The third-order valence-electron chi connectivity index (χ3n) is 5.55. The van der Waals surface area contributed by atoms with Crippen molar-refractivity contribution in [1.82, 2.24) is 0 Å². The monoisotopic (exact) mass is 341 g/mol. The lowest BCUT2D eigenvalue weighted by Gasteiger charge is -2.43. The highest BCUT2D eigenvalue weighted by Gasteiger charge is 2.44. The van der Waals surface area contributed by atoms with Crippen LogP contribution in [0.5, 0.6) is 0 Å². The van der Waals surface area contributed by atoms with Crippen molar-refractivity contribution in [2.24, 2.45) is 23.7 Å². The maximum Gasteiger partial charge on any atom is 0.516 e. The molecule has 2 aliphatic carbocycles. The summed E-state index contributed by atoms with van der Waals surface area (Å²) in [6.07, 6.45) is 4.77. The molecule has 0 spiro atoms. The van der Waals surface area contributed by atoms with E-state index < -0.39 is 23.6 Å². The van der Waals surface area contributed by atoms with Gasteiger partial charge in [0.1, 0.15) is 0 Å². The topological polar surface area (TPSA) is 84.7 Å². The molecule has 2 rings (SSSR count). The first-order valence-electron chi connectivity index (χ1n) is 8.77. The molecule has 0 heterocycles. The minimum atomic E-state index is -0.938. The fourth-order valence-electron chi connectivity index (χ4n) is 4.05. The Kier molecular flexibility index (Phi) is 6.04. The minimum absolute atomic E-state index is 0.0166. The lowest BCUT2D eigenvalue weighted by Crippen LogP contribution is -2.40. The highest BCUT2D eigenvalue weighted by atomic mass is 17.1. The van der Waals surface area contributed by atoms with Gasteiger partial charge < -0.3 is 9.47 Å². The summed E-state index contributed by atoms with van der Waals surface area (Å²) in [5.41, 5.74) is 0.578. The van der Waals surface area contributed by atoms with Crippen molar-refractivity contribution in [3.63, 3.8) is 0 Å². The predicted molar refractivity (Wildman–Crippen MR) is 88.1 cm³/mol. The van der Waals surface area contributed by atoms with Gasteiger partial charge in [0, 0.05) is 0 Å². The normalized spacial score (nSPS) is 33.9. The molecule has 0 saturated heterocycles. The second-order valence-corrected chi connectivity index (χ2v) is 7.26. The molecular formula is C18H29O6+. The van der Waals surface area contributed by atoms with Gasteiger partial charge in [0.2, 0.25) is 0 Å². The molecule has 0 radical (unpaired) electrons. The third-order valence-corrected chi connectivity index (χ3v) is 5.55. The molecule has 136 valence electrons. The number of carbonyl (C=O) groups excluding carboxylic acids is 2. The Morgan fingerprint density at radius 2 is 2.08 bits per heavy atom. The van der Waals surface area contributed by atoms with Gasteiger partial charge in [-0.3, -0.25) is 10.1 Å². The zero-order chi connectivity index (χ0) is 17.9. The molecule has 24 heavy (non-hydrogen) atoms. The van der Waals surface area contributed by atoms with Crippen LogP contribution in [0.1, 0.15) is 53.4 Å². The molecule has 0 amide bonds. The van der Waals surface area contributed by atoms with Gasteiger partial charge in [0.05, 0.1) is 12.5 Å². The Morgan fingerprint density at radius 1 is 1.38 bits per heavy atom. The lowest BCUT2D eigenvalue weighted by atomic mass is 9.62. The zero-order valence-corrected chi connectivity index (χ0v) is 15.0. The third kappa shape index (κ3) is 3.98. The van der Waals surface area contributed by atoms with Gasteiger partial charge in [-0.05, 0) is 63.4 Å². The van der Waals surface area contributed by atoms with Gasteiger partial charge in [-0.1, -0.05) is 19.4 Å². The Bertz CT molecular complexity index is 514. The summed E-state index contributed by atoms with van der Waals surface area (Å²) in [6.45, 7) is 7.78. The lowest BCUT2D eigenvalue weighted by molar-refractivity contribution is -0.306. The molecule has 2 aliphatic rings. The molecule has 0 bridgehead atoms. The largest absolute Gasteiger partial charge is 0.516 e. The second-order valence-electron chi connectivity index (χ2n) is 7.26. The SMILES string of the molecule is CCOC(=O)OC(=O)[C@H](C)[C@@H]1CC[C@@H](C)[C@@H]2CC[C@@](C)(O[OH2+])C=C21. The Morgan fingerprint density at radius 3 is 2.71 bits per heavy atom. The number of hydrogen-bond acceptors (Lipinski definition) is 5. The van der Waals surface area contributed by atoms with Gasteiger partial charge >= 0.3 is 12.1 Å². The van der Waals surface area contributed by atoms with E-state index in [9.17, 15) is 9.59 Å². The van der Waals surface area contributed by atoms with Crippen LogP contribution in [0.15, 0.2) is 11.6 Å². The van der Waals surface area contributed by atoms with Crippen molar-refractivity contribution < 1.29 is 29.2 Å². The quantitative estimate of drug-likeness (QED) is 0.196. The van der Waals surface area contributed by atoms with Crippen LogP contribution >= 0.6 is 0 Å². The molecule has 0 aromatic rings. The zero-order valence-electron chi connectivity index (χ0n) is 15.0. The van der Waals surface area contributed by atoms with E-state index in [4.69, 9.17) is 14.9 Å². The number of carbonyl (C=O) groups is 2. The number of hydrogen-bond donors (Lipinski definition) is 0. The first kappa shape index (κ1) is 18.9. The van der Waals surface area contributed by atoms with E-state index in [-0.39, 0.29) is 12.5 Å². The van der Waals surface area contributed by atoms with E-state index in [1.807, 2.05) is 13.0 Å². The number of ether oxygens (including phenoxy) is 2. The van der Waals surface area contributed by atoms with Crippen molar-refractivity contribution in [2.75, 3.05) is 6.61 Å². The van der Waals surface area contributed by atoms with Crippen LogP contribution in [0.3, 0.4) is 0 Å². The molecule has 1 saturated carbocycles. The summed E-state index contributed by atoms with van der Waals surface area (Å²) in [5.74, 6) is -0.000702. The van der Waals surface area contributed by atoms with Crippen molar-refractivity contribution in [3.05, 3.63) is 11.6 Å². The average molecular weight is 341 g/mol. The van der Waals surface area contributed by atoms with E-state index in [1.165, 1.54) is 5.57 Å². The van der Waals surface area contributed by atoms with E-state index in [0.717, 1.165) is 25.7 Å². The predicted octanol–water partition coefficient (Wildman–Crippen LogP) is 3.12. The Balaban J connectivity index is 2.18. The maximum atomic E-state index is 12.3. The smallest absolute Gasteiger partial charge is 0.434 e. The molecule has 6 heteroatoms. The second kappa shape index (κ2) is 7.66. The molecule has 1 fully saturated rings. The molecule has 5 atom stereocenters. The summed E-state index contributed by atoms with van der Waals surface area (Å²) in [7, 11) is 0. The number of allylic oxidation sites excluding steroid dienone is 1. The maximum absolute atomic E-state index is 12.3. The van der Waals surface area contributed by atoms with Gasteiger partial charge in [-0.15, -0.1) is 4.89 Å². The van der Waals surface area contributed by atoms with Crippen LogP contribution in [-0.2, 0) is 19.2 Å². The van der Waals surface area contributed by atoms with Crippen LogP contribution in [0.25, 0.3) is 0 Å². The molecule has 0 aromatic carbocycles. The van der Waals surface area contributed by atoms with Crippen molar-refractivity contribution in [1.29, 1.82) is 0 Å². The first-order chi connectivity index (χ1) is 11.3. The Hall–Kier alpha value is -1.40. The molecule has 0 aromatic heterocycles. The van der Waals surface area contributed by atoms with Crippen molar-refractivity contribution in [2.45, 2.75) is 59.0 Å². The fraction of sp³-hybridized carbons (Fsp3) is 0.778. The van der Waals surface area contributed by atoms with E-state index >= 15 is 0 Å². The highest BCUT2D eigenvalue weighted by molar-refractivity contribution is 5.83. The van der Waals surface area contributed by atoms with Crippen LogP contribution in [-0.4, -0.2) is 29.6 Å². The van der Waals surface area contributed by atoms with E-state index in [2.05, 4.69) is 11.7 Å². The van der Waals surface area contributed by atoms with Crippen LogP contribution < -0.4 is 0 Å². The number of rotatable bonds is 4.